The number of rotatable bonds is 9. The standard InChI is InChI=1S/C21H29N3O2S.HI/c1-3-22-21(23-15-16-27(25,26)4-2)24-17-20(18-11-7-5-8-12-18)19-13-9-6-10-14-19;/h5-14,20H,3-4,15-17H2,1-2H3,(H2,22,23,24);1H. The van der Waals surface area contributed by atoms with E-state index in [0.717, 1.165) is 0 Å². The zero-order valence-corrected chi connectivity index (χ0v) is 19.6. The van der Waals surface area contributed by atoms with Crippen molar-refractivity contribution in [2.45, 2.75) is 19.8 Å². The van der Waals surface area contributed by atoms with Gasteiger partial charge in [-0.05, 0) is 18.1 Å². The van der Waals surface area contributed by atoms with Gasteiger partial charge in [0.2, 0.25) is 0 Å². The number of sulfone groups is 1. The van der Waals surface area contributed by atoms with E-state index in [-0.39, 0.29) is 41.4 Å². The Morgan fingerprint density at radius 1 is 0.929 bits per heavy atom. The van der Waals surface area contributed by atoms with Gasteiger partial charge < -0.3 is 10.6 Å². The van der Waals surface area contributed by atoms with Crippen LogP contribution >= 0.6 is 24.0 Å². The average Bonchev–Trinajstić information content (AvgIpc) is 2.69. The summed E-state index contributed by atoms with van der Waals surface area (Å²) in [5.74, 6) is 1.05. The molecular weight excluding hydrogens is 485 g/mol. The highest BCUT2D eigenvalue weighted by Gasteiger charge is 2.14. The van der Waals surface area contributed by atoms with Gasteiger partial charge >= 0.3 is 0 Å². The lowest BCUT2D eigenvalue weighted by atomic mass is 9.91. The molecule has 154 valence electrons. The molecule has 0 spiro atoms. The van der Waals surface area contributed by atoms with Crippen LogP contribution in [0.3, 0.4) is 0 Å². The third kappa shape index (κ3) is 8.18. The van der Waals surface area contributed by atoms with Gasteiger partial charge in [0.15, 0.2) is 15.8 Å². The maximum Gasteiger partial charge on any atom is 0.191 e. The second-order valence-corrected chi connectivity index (χ2v) is 8.73. The molecule has 2 N–H and O–H groups in total. The summed E-state index contributed by atoms with van der Waals surface area (Å²) in [6.07, 6.45) is 0. The Balaban J connectivity index is 0.00000392. The van der Waals surface area contributed by atoms with Crippen LogP contribution in [0.2, 0.25) is 0 Å². The molecule has 0 atom stereocenters. The van der Waals surface area contributed by atoms with Crippen LogP contribution in [0.1, 0.15) is 30.9 Å². The predicted octanol–water partition coefficient (Wildman–Crippen LogP) is 3.43. The monoisotopic (exact) mass is 515 g/mol. The van der Waals surface area contributed by atoms with Crippen molar-refractivity contribution in [3.8, 4) is 0 Å². The molecule has 5 nitrogen and oxygen atoms in total. The van der Waals surface area contributed by atoms with Crippen molar-refractivity contribution in [3.63, 3.8) is 0 Å². The minimum absolute atomic E-state index is 0. The Morgan fingerprint density at radius 2 is 1.46 bits per heavy atom. The van der Waals surface area contributed by atoms with E-state index in [4.69, 9.17) is 4.99 Å². The summed E-state index contributed by atoms with van der Waals surface area (Å²) in [4.78, 5) is 4.71. The number of benzene rings is 2. The summed E-state index contributed by atoms with van der Waals surface area (Å²) in [6, 6.07) is 20.6. The molecule has 0 unspecified atom stereocenters. The van der Waals surface area contributed by atoms with Gasteiger partial charge in [-0.1, -0.05) is 67.6 Å². The fourth-order valence-electron chi connectivity index (χ4n) is 2.77. The van der Waals surface area contributed by atoms with Crippen LogP contribution < -0.4 is 10.6 Å². The Morgan fingerprint density at radius 3 is 1.93 bits per heavy atom. The second-order valence-electron chi connectivity index (χ2n) is 6.26. The zero-order chi connectivity index (χ0) is 19.5. The first kappa shape index (κ1) is 24.4. The molecule has 0 heterocycles. The van der Waals surface area contributed by atoms with Gasteiger partial charge in [-0.2, -0.15) is 0 Å². The van der Waals surface area contributed by atoms with E-state index in [0.29, 0.717) is 25.6 Å². The normalized spacial score (nSPS) is 11.8. The number of halogens is 1. The van der Waals surface area contributed by atoms with Crippen molar-refractivity contribution in [3.05, 3.63) is 71.8 Å². The van der Waals surface area contributed by atoms with Crippen LogP contribution in [0, 0.1) is 0 Å². The zero-order valence-electron chi connectivity index (χ0n) is 16.5. The molecule has 0 aliphatic heterocycles. The SMILES string of the molecule is CCNC(=NCC(c1ccccc1)c1ccccc1)NCCS(=O)(=O)CC.I. The van der Waals surface area contributed by atoms with E-state index in [9.17, 15) is 8.42 Å². The first-order chi connectivity index (χ1) is 13.1. The molecular formula is C21H30IN3O2S. The summed E-state index contributed by atoms with van der Waals surface area (Å²) < 4.78 is 23.3. The predicted molar refractivity (Wildman–Crippen MR) is 128 cm³/mol. The van der Waals surface area contributed by atoms with Crippen molar-refractivity contribution >= 4 is 39.8 Å². The van der Waals surface area contributed by atoms with Gasteiger partial charge in [-0.15, -0.1) is 24.0 Å². The van der Waals surface area contributed by atoms with Crippen LogP contribution in [0.5, 0.6) is 0 Å². The van der Waals surface area contributed by atoms with E-state index < -0.39 is 9.84 Å². The molecule has 28 heavy (non-hydrogen) atoms. The number of guanidine groups is 1. The number of hydrogen-bond donors (Lipinski definition) is 2. The maximum atomic E-state index is 11.7. The molecule has 0 amide bonds. The van der Waals surface area contributed by atoms with E-state index in [1.54, 1.807) is 6.92 Å². The van der Waals surface area contributed by atoms with E-state index in [1.165, 1.54) is 11.1 Å². The molecule has 0 fully saturated rings. The van der Waals surface area contributed by atoms with Crippen LogP contribution in [0.15, 0.2) is 65.7 Å². The van der Waals surface area contributed by atoms with Crippen LogP contribution in [0.25, 0.3) is 0 Å². The summed E-state index contributed by atoms with van der Waals surface area (Å²) in [7, 11) is -2.99. The quantitative estimate of drug-likeness (QED) is 0.305. The third-order valence-corrected chi connectivity index (χ3v) is 6.03. The second kappa shape index (κ2) is 12.8. The Hall–Kier alpha value is -1.61. The molecule has 0 aliphatic rings. The largest absolute Gasteiger partial charge is 0.357 e. The lowest BCUT2D eigenvalue weighted by molar-refractivity contribution is 0.595. The molecule has 0 bridgehead atoms. The molecule has 0 saturated heterocycles. The van der Waals surface area contributed by atoms with Gasteiger partial charge in [0.05, 0.1) is 12.3 Å². The van der Waals surface area contributed by atoms with Crippen molar-refractivity contribution < 1.29 is 8.42 Å². The van der Waals surface area contributed by atoms with Crippen LogP contribution in [-0.2, 0) is 9.84 Å². The van der Waals surface area contributed by atoms with E-state index >= 15 is 0 Å². The van der Waals surface area contributed by atoms with Crippen molar-refractivity contribution in [1.82, 2.24) is 10.6 Å². The molecule has 2 aromatic rings. The fourth-order valence-corrected chi connectivity index (χ4v) is 3.47. The Kier molecular flexibility index (Phi) is 11.1. The van der Waals surface area contributed by atoms with Gasteiger partial charge in [-0.25, -0.2) is 8.42 Å². The van der Waals surface area contributed by atoms with Crippen molar-refractivity contribution in [2.24, 2.45) is 4.99 Å². The Labute approximate surface area is 186 Å². The molecule has 0 saturated carbocycles. The van der Waals surface area contributed by atoms with Gasteiger partial charge in [0, 0.05) is 24.8 Å². The average molecular weight is 515 g/mol. The van der Waals surface area contributed by atoms with Crippen LogP contribution in [-0.4, -0.2) is 45.5 Å². The fraction of sp³-hybridized carbons (Fsp3) is 0.381. The van der Waals surface area contributed by atoms with Gasteiger partial charge in [0.1, 0.15) is 0 Å². The molecule has 7 heteroatoms. The number of hydrogen-bond acceptors (Lipinski definition) is 3. The first-order valence-corrected chi connectivity index (χ1v) is 11.2. The molecule has 2 aromatic carbocycles. The highest BCUT2D eigenvalue weighted by atomic mass is 127. The number of nitrogens with zero attached hydrogens (tertiary/aromatic N) is 1. The minimum Gasteiger partial charge on any atom is -0.357 e. The highest BCUT2D eigenvalue weighted by Crippen LogP contribution is 2.24. The highest BCUT2D eigenvalue weighted by molar-refractivity contribution is 14.0. The van der Waals surface area contributed by atoms with Gasteiger partial charge in [0.25, 0.3) is 0 Å². The molecule has 0 aromatic heterocycles. The first-order valence-electron chi connectivity index (χ1n) is 9.38. The molecule has 0 aliphatic carbocycles. The Bertz CT molecular complexity index is 773. The van der Waals surface area contributed by atoms with E-state index in [1.807, 2.05) is 43.3 Å². The lowest BCUT2D eigenvalue weighted by Gasteiger charge is -2.18. The van der Waals surface area contributed by atoms with Crippen molar-refractivity contribution in [2.75, 3.05) is 31.1 Å². The van der Waals surface area contributed by atoms with Gasteiger partial charge in [-0.3, -0.25) is 4.99 Å². The summed E-state index contributed by atoms with van der Waals surface area (Å²) in [5.41, 5.74) is 2.41. The maximum absolute atomic E-state index is 11.7. The third-order valence-electron chi connectivity index (χ3n) is 4.33. The van der Waals surface area contributed by atoms with Crippen LogP contribution in [0.4, 0.5) is 0 Å². The number of aliphatic imine (C=N–C) groups is 1. The number of nitrogens with one attached hydrogen (secondary N) is 2. The summed E-state index contributed by atoms with van der Waals surface area (Å²) in [5, 5.41) is 6.32. The topological polar surface area (TPSA) is 70.6 Å². The lowest BCUT2D eigenvalue weighted by Crippen LogP contribution is -2.40. The van der Waals surface area contributed by atoms with E-state index in [2.05, 4.69) is 34.9 Å². The molecule has 0 radical (unpaired) electrons. The summed E-state index contributed by atoms with van der Waals surface area (Å²) in [6.45, 7) is 5.30. The minimum atomic E-state index is -2.99. The molecule has 2 rings (SSSR count). The smallest absolute Gasteiger partial charge is 0.191 e. The summed E-state index contributed by atoms with van der Waals surface area (Å²) >= 11 is 0. The van der Waals surface area contributed by atoms with Crippen molar-refractivity contribution in [1.29, 1.82) is 0 Å².